The molecule has 1 aromatic heterocycles. The Hall–Kier alpha value is -2.64. The number of benzene rings is 1. The molecule has 0 amide bonds. The van der Waals surface area contributed by atoms with Crippen LogP contribution in [0.4, 0.5) is 4.39 Å². The molecule has 0 spiro atoms. The first-order valence-corrected chi connectivity index (χ1v) is 8.89. The van der Waals surface area contributed by atoms with Gasteiger partial charge in [-0.25, -0.2) is 4.39 Å². The van der Waals surface area contributed by atoms with Crippen LogP contribution >= 0.6 is 0 Å². The molecule has 0 bridgehead atoms. The van der Waals surface area contributed by atoms with Crippen LogP contribution in [0.3, 0.4) is 0 Å². The molecule has 0 saturated heterocycles. The zero-order valence-electron chi connectivity index (χ0n) is 15.6. The molecule has 0 fully saturated rings. The lowest BCUT2D eigenvalue weighted by molar-refractivity contribution is 0.198. The van der Waals surface area contributed by atoms with Crippen molar-refractivity contribution in [3.8, 4) is 5.75 Å². The molecule has 0 aliphatic rings. The highest BCUT2D eigenvalue weighted by Gasteiger charge is 2.10. The summed E-state index contributed by atoms with van der Waals surface area (Å²) in [6.45, 7) is 6.11. The number of halogens is 1. The topological polar surface area (TPSA) is 76.4 Å². The van der Waals surface area contributed by atoms with Crippen LogP contribution < -0.4 is 15.4 Å². The second kappa shape index (κ2) is 10.4. The van der Waals surface area contributed by atoms with Crippen LogP contribution in [-0.4, -0.2) is 47.0 Å². The van der Waals surface area contributed by atoms with Crippen molar-refractivity contribution in [1.29, 1.82) is 0 Å². The Morgan fingerprint density at radius 3 is 2.88 bits per heavy atom. The zero-order valence-corrected chi connectivity index (χ0v) is 15.6. The molecule has 2 aromatic rings. The highest BCUT2D eigenvalue weighted by molar-refractivity contribution is 5.79. The summed E-state index contributed by atoms with van der Waals surface area (Å²) in [4.78, 5) is 4.22. The van der Waals surface area contributed by atoms with Crippen LogP contribution in [-0.2, 0) is 13.0 Å². The Bertz CT molecular complexity index is 702. The first-order valence-electron chi connectivity index (χ1n) is 8.89. The second-order valence-electron chi connectivity index (χ2n) is 5.78. The third-order valence-electron chi connectivity index (χ3n) is 3.93. The van der Waals surface area contributed by atoms with E-state index in [0.717, 1.165) is 25.2 Å². The van der Waals surface area contributed by atoms with Gasteiger partial charge < -0.3 is 19.9 Å². The van der Waals surface area contributed by atoms with Crippen molar-refractivity contribution >= 4 is 5.96 Å². The third-order valence-corrected chi connectivity index (χ3v) is 3.93. The number of aryl methyl sites for hydroxylation is 1. The van der Waals surface area contributed by atoms with Crippen molar-refractivity contribution in [2.45, 2.75) is 39.3 Å². The molecule has 142 valence electrons. The standard InChI is InChI=1S/C18H27FN6O/c1-4-15(26-16-8-6-7-14(19)11-16)12-22-18(20-3)21-9-10-25-13-23-24-17(25)5-2/h6-8,11,13,15H,4-5,9-10,12H2,1-3H3,(H2,20,21,22). The fraction of sp³-hybridized carbons (Fsp3) is 0.500. The smallest absolute Gasteiger partial charge is 0.191 e. The van der Waals surface area contributed by atoms with Gasteiger partial charge in [0, 0.05) is 32.6 Å². The van der Waals surface area contributed by atoms with E-state index in [2.05, 4.69) is 32.7 Å². The molecule has 1 atom stereocenters. The van der Waals surface area contributed by atoms with Crippen LogP contribution in [0.15, 0.2) is 35.6 Å². The Balaban J connectivity index is 1.77. The van der Waals surface area contributed by atoms with Crippen molar-refractivity contribution in [2.75, 3.05) is 20.1 Å². The minimum absolute atomic E-state index is 0.0834. The maximum absolute atomic E-state index is 13.3. The van der Waals surface area contributed by atoms with E-state index in [9.17, 15) is 4.39 Å². The van der Waals surface area contributed by atoms with E-state index in [1.165, 1.54) is 12.1 Å². The molecule has 2 rings (SSSR count). The van der Waals surface area contributed by atoms with Gasteiger partial charge in [0.05, 0.1) is 6.54 Å². The predicted octanol–water partition coefficient (Wildman–Crippen LogP) is 2.00. The Labute approximate surface area is 153 Å². The molecular weight excluding hydrogens is 335 g/mol. The van der Waals surface area contributed by atoms with E-state index in [0.29, 0.717) is 24.8 Å². The summed E-state index contributed by atoms with van der Waals surface area (Å²) in [7, 11) is 1.72. The molecule has 0 saturated carbocycles. The SMILES string of the molecule is CCc1nncn1CCNC(=NC)NCC(CC)Oc1cccc(F)c1. The van der Waals surface area contributed by atoms with Gasteiger partial charge in [0.2, 0.25) is 0 Å². The average Bonchev–Trinajstić information content (AvgIpc) is 3.10. The fourth-order valence-electron chi connectivity index (χ4n) is 2.47. The fourth-order valence-corrected chi connectivity index (χ4v) is 2.47. The molecule has 8 heteroatoms. The van der Waals surface area contributed by atoms with Crippen molar-refractivity contribution in [3.05, 3.63) is 42.2 Å². The van der Waals surface area contributed by atoms with Gasteiger partial charge >= 0.3 is 0 Å². The Morgan fingerprint density at radius 2 is 2.19 bits per heavy atom. The highest BCUT2D eigenvalue weighted by Crippen LogP contribution is 2.14. The molecule has 1 aromatic carbocycles. The normalized spacial score (nSPS) is 12.7. The summed E-state index contributed by atoms with van der Waals surface area (Å²) in [6, 6.07) is 6.18. The average molecular weight is 362 g/mol. The molecular formula is C18H27FN6O. The number of guanidine groups is 1. The van der Waals surface area contributed by atoms with Gasteiger partial charge in [-0.3, -0.25) is 4.99 Å². The summed E-state index contributed by atoms with van der Waals surface area (Å²) in [5.41, 5.74) is 0. The van der Waals surface area contributed by atoms with Crippen molar-refractivity contribution in [3.63, 3.8) is 0 Å². The van der Waals surface area contributed by atoms with E-state index < -0.39 is 0 Å². The van der Waals surface area contributed by atoms with Gasteiger partial charge in [0.15, 0.2) is 5.96 Å². The third kappa shape index (κ3) is 6.02. The number of nitrogens with one attached hydrogen (secondary N) is 2. The number of ether oxygens (including phenoxy) is 1. The first-order chi connectivity index (χ1) is 12.7. The monoisotopic (exact) mass is 362 g/mol. The van der Waals surface area contributed by atoms with E-state index in [4.69, 9.17) is 4.74 Å². The van der Waals surface area contributed by atoms with Crippen molar-refractivity contribution in [1.82, 2.24) is 25.4 Å². The van der Waals surface area contributed by atoms with E-state index in [1.807, 2.05) is 11.5 Å². The maximum atomic E-state index is 13.3. The molecule has 2 N–H and O–H groups in total. The van der Waals surface area contributed by atoms with Gasteiger partial charge in [0.1, 0.15) is 29.8 Å². The largest absolute Gasteiger partial charge is 0.489 e. The lowest BCUT2D eigenvalue weighted by Crippen LogP contribution is -2.43. The lowest BCUT2D eigenvalue weighted by Gasteiger charge is -2.20. The highest BCUT2D eigenvalue weighted by atomic mass is 19.1. The summed E-state index contributed by atoms with van der Waals surface area (Å²) in [5, 5.41) is 14.5. The minimum atomic E-state index is -0.303. The number of hydrogen-bond acceptors (Lipinski definition) is 4. The number of hydrogen-bond donors (Lipinski definition) is 2. The van der Waals surface area contributed by atoms with Crippen molar-refractivity contribution in [2.24, 2.45) is 4.99 Å². The summed E-state index contributed by atoms with van der Waals surface area (Å²) in [5.74, 6) is 1.88. The van der Waals surface area contributed by atoms with E-state index in [1.54, 1.807) is 25.5 Å². The molecule has 7 nitrogen and oxygen atoms in total. The minimum Gasteiger partial charge on any atom is -0.489 e. The first kappa shape index (κ1) is 19.7. The lowest BCUT2D eigenvalue weighted by atomic mass is 10.2. The van der Waals surface area contributed by atoms with Crippen LogP contribution in [0.1, 0.15) is 26.1 Å². The van der Waals surface area contributed by atoms with Crippen molar-refractivity contribution < 1.29 is 9.13 Å². The summed E-state index contributed by atoms with van der Waals surface area (Å²) in [6.07, 6.45) is 3.29. The predicted molar refractivity (Wildman–Crippen MR) is 99.9 cm³/mol. The van der Waals surface area contributed by atoms with Crippen LogP contribution in [0.2, 0.25) is 0 Å². The number of aromatic nitrogens is 3. The second-order valence-corrected chi connectivity index (χ2v) is 5.78. The van der Waals surface area contributed by atoms with E-state index >= 15 is 0 Å². The van der Waals surface area contributed by atoms with Crippen LogP contribution in [0, 0.1) is 5.82 Å². The van der Waals surface area contributed by atoms with Gasteiger partial charge in [0.25, 0.3) is 0 Å². The molecule has 1 unspecified atom stereocenters. The van der Waals surface area contributed by atoms with Crippen LogP contribution in [0.25, 0.3) is 0 Å². The van der Waals surface area contributed by atoms with Gasteiger partial charge in [-0.05, 0) is 18.6 Å². The number of aliphatic imine (C=N–C) groups is 1. The van der Waals surface area contributed by atoms with Gasteiger partial charge in [-0.2, -0.15) is 0 Å². The maximum Gasteiger partial charge on any atom is 0.191 e. The summed E-state index contributed by atoms with van der Waals surface area (Å²) < 4.78 is 21.1. The van der Waals surface area contributed by atoms with E-state index in [-0.39, 0.29) is 11.9 Å². The van der Waals surface area contributed by atoms with Gasteiger partial charge in [-0.1, -0.05) is 19.9 Å². The Kier molecular flexibility index (Phi) is 7.85. The molecule has 26 heavy (non-hydrogen) atoms. The van der Waals surface area contributed by atoms with Crippen LogP contribution in [0.5, 0.6) is 5.75 Å². The number of rotatable bonds is 9. The molecule has 0 radical (unpaired) electrons. The van der Waals surface area contributed by atoms with Gasteiger partial charge in [-0.15, -0.1) is 10.2 Å². The molecule has 0 aliphatic heterocycles. The Morgan fingerprint density at radius 1 is 1.35 bits per heavy atom. The zero-order chi connectivity index (χ0) is 18.8. The molecule has 1 heterocycles. The summed E-state index contributed by atoms with van der Waals surface area (Å²) >= 11 is 0. The number of nitrogens with zero attached hydrogens (tertiary/aromatic N) is 4. The molecule has 0 aliphatic carbocycles. The quantitative estimate of drug-likeness (QED) is 0.527.